The normalized spacial score (nSPS) is 17.4. The number of urea groups is 1. The Morgan fingerprint density at radius 2 is 1.91 bits per heavy atom. The Morgan fingerprint density at radius 3 is 2.71 bits per heavy atom. The number of nitrogens with zero attached hydrogens (tertiary/aromatic N) is 3. The molecule has 0 bridgehead atoms. The number of nitrogens with one attached hydrogen (secondary N) is 1. The third-order valence-electron chi connectivity index (χ3n) is 6.27. The summed E-state index contributed by atoms with van der Waals surface area (Å²) in [7, 11) is 1.61. The SMILES string of the molecule is COCCN1C(=O)NC(c2ccc(C)c(C)c2)C(c2nc(-c3ccc4c(c3)OCO4)no2)=C1C. The summed E-state index contributed by atoms with van der Waals surface area (Å²) in [6.45, 7) is 7.00. The number of carbonyl (C=O) groups is 1. The molecule has 3 aromatic rings. The summed E-state index contributed by atoms with van der Waals surface area (Å²) in [5.41, 5.74) is 5.49. The van der Waals surface area contributed by atoms with Gasteiger partial charge in [-0.15, -0.1) is 0 Å². The van der Waals surface area contributed by atoms with Crippen molar-refractivity contribution in [1.82, 2.24) is 20.4 Å². The zero-order valence-corrected chi connectivity index (χ0v) is 19.5. The maximum atomic E-state index is 13.0. The maximum absolute atomic E-state index is 13.0. The van der Waals surface area contributed by atoms with E-state index in [1.54, 1.807) is 12.0 Å². The van der Waals surface area contributed by atoms with Crippen LogP contribution in [0.1, 0.15) is 35.5 Å². The van der Waals surface area contributed by atoms with Crippen LogP contribution in [0.2, 0.25) is 0 Å². The van der Waals surface area contributed by atoms with Gasteiger partial charge in [0, 0.05) is 18.4 Å². The molecule has 0 fully saturated rings. The van der Waals surface area contributed by atoms with Crippen LogP contribution in [0, 0.1) is 13.8 Å². The van der Waals surface area contributed by atoms with E-state index in [-0.39, 0.29) is 12.8 Å². The lowest BCUT2D eigenvalue weighted by Gasteiger charge is -2.35. The lowest BCUT2D eigenvalue weighted by Crippen LogP contribution is -2.47. The predicted octanol–water partition coefficient (Wildman–Crippen LogP) is 4.23. The summed E-state index contributed by atoms with van der Waals surface area (Å²) in [5.74, 6) is 2.09. The molecule has 5 rings (SSSR count). The second-order valence-electron chi connectivity index (χ2n) is 8.36. The topological polar surface area (TPSA) is 99.0 Å². The molecule has 0 aliphatic carbocycles. The first-order chi connectivity index (χ1) is 16.5. The number of hydrogen-bond donors (Lipinski definition) is 1. The highest BCUT2D eigenvalue weighted by molar-refractivity contribution is 5.87. The summed E-state index contributed by atoms with van der Waals surface area (Å²) in [5, 5.41) is 7.32. The van der Waals surface area contributed by atoms with E-state index in [1.165, 1.54) is 5.56 Å². The smallest absolute Gasteiger partial charge is 0.322 e. The lowest BCUT2D eigenvalue weighted by atomic mass is 9.92. The number of carbonyl (C=O) groups excluding carboxylic acids is 1. The van der Waals surface area contributed by atoms with Gasteiger partial charge in [0.05, 0.1) is 24.8 Å². The van der Waals surface area contributed by atoms with E-state index in [1.807, 2.05) is 37.3 Å². The van der Waals surface area contributed by atoms with Crippen LogP contribution in [0.25, 0.3) is 17.0 Å². The van der Waals surface area contributed by atoms with Crippen LogP contribution in [0.15, 0.2) is 46.6 Å². The van der Waals surface area contributed by atoms with Crippen molar-refractivity contribution >= 4 is 11.6 Å². The number of allylic oxidation sites excluding steroid dienone is 1. The van der Waals surface area contributed by atoms with Crippen LogP contribution in [-0.4, -0.2) is 48.1 Å². The Bertz CT molecular complexity index is 1280. The molecular formula is C25H26N4O5. The fraction of sp³-hybridized carbons (Fsp3) is 0.320. The summed E-state index contributed by atoms with van der Waals surface area (Å²) >= 11 is 0. The molecule has 9 nitrogen and oxygen atoms in total. The fourth-order valence-corrected chi connectivity index (χ4v) is 4.19. The Balaban J connectivity index is 1.58. The van der Waals surface area contributed by atoms with Crippen LogP contribution in [0.5, 0.6) is 11.5 Å². The molecule has 0 spiro atoms. The van der Waals surface area contributed by atoms with Gasteiger partial charge < -0.3 is 24.1 Å². The van der Waals surface area contributed by atoms with Gasteiger partial charge in [-0.3, -0.25) is 4.90 Å². The van der Waals surface area contributed by atoms with Gasteiger partial charge in [0.1, 0.15) is 0 Å². The fourth-order valence-electron chi connectivity index (χ4n) is 4.19. The van der Waals surface area contributed by atoms with E-state index in [2.05, 4.69) is 30.4 Å². The number of amides is 2. The van der Waals surface area contributed by atoms with Crippen molar-refractivity contribution in [3.05, 3.63) is 64.7 Å². The molecule has 1 N–H and O–H groups in total. The van der Waals surface area contributed by atoms with Crippen molar-refractivity contribution in [2.45, 2.75) is 26.8 Å². The number of fused-ring (bicyclic) bond motifs is 1. The quantitative estimate of drug-likeness (QED) is 0.585. The number of ether oxygens (including phenoxy) is 3. The molecule has 1 unspecified atom stereocenters. The largest absolute Gasteiger partial charge is 0.454 e. The number of hydrogen-bond acceptors (Lipinski definition) is 7. The van der Waals surface area contributed by atoms with Gasteiger partial charge in [-0.2, -0.15) is 4.98 Å². The predicted molar refractivity (Wildman–Crippen MR) is 124 cm³/mol. The van der Waals surface area contributed by atoms with Gasteiger partial charge >= 0.3 is 6.03 Å². The van der Waals surface area contributed by atoms with E-state index in [0.29, 0.717) is 36.4 Å². The van der Waals surface area contributed by atoms with Crippen LogP contribution >= 0.6 is 0 Å². The molecule has 1 aromatic heterocycles. The van der Waals surface area contributed by atoms with Gasteiger partial charge in [-0.25, -0.2) is 4.79 Å². The van der Waals surface area contributed by atoms with Crippen LogP contribution in [-0.2, 0) is 4.74 Å². The molecular weight excluding hydrogens is 436 g/mol. The molecule has 2 aromatic carbocycles. The number of rotatable bonds is 6. The summed E-state index contributed by atoms with van der Waals surface area (Å²) in [6.07, 6.45) is 0. The van der Waals surface area contributed by atoms with Gasteiger partial charge in [-0.05, 0) is 55.7 Å². The van der Waals surface area contributed by atoms with E-state index in [0.717, 1.165) is 28.0 Å². The highest BCUT2D eigenvalue weighted by atomic mass is 16.7. The molecule has 9 heteroatoms. The zero-order valence-electron chi connectivity index (χ0n) is 19.5. The van der Waals surface area contributed by atoms with Gasteiger partial charge in [0.25, 0.3) is 5.89 Å². The van der Waals surface area contributed by atoms with Gasteiger partial charge in [0.15, 0.2) is 11.5 Å². The molecule has 2 aliphatic heterocycles. The van der Waals surface area contributed by atoms with Gasteiger partial charge in [0.2, 0.25) is 12.6 Å². The first kappa shape index (κ1) is 22.0. The number of aryl methyl sites for hydroxylation is 2. The third kappa shape index (κ3) is 3.88. The van der Waals surface area contributed by atoms with E-state index in [4.69, 9.17) is 23.7 Å². The number of aromatic nitrogens is 2. The van der Waals surface area contributed by atoms with E-state index < -0.39 is 6.04 Å². The molecule has 1 atom stereocenters. The molecule has 3 heterocycles. The van der Waals surface area contributed by atoms with E-state index >= 15 is 0 Å². The molecule has 0 saturated carbocycles. The second-order valence-corrected chi connectivity index (χ2v) is 8.36. The van der Waals surface area contributed by atoms with Crippen molar-refractivity contribution < 1.29 is 23.5 Å². The summed E-state index contributed by atoms with van der Waals surface area (Å²) in [4.78, 5) is 19.3. The third-order valence-corrected chi connectivity index (χ3v) is 6.27. The minimum Gasteiger partial charge on any atom is -0.454 e. The highest BCUT2D eigenvalue weighted by Crippen LogP contribution is 2.39. The van der Waals surface area contributed by atoms with Crippen LogP contribution in [0.4, 0.5) is 4.79 Å². The molecule has 176 valence electrons. The van der Waals surface area contributed by atoms with Crippen LogP contribution in [0.3, 0.4) is 0 Å². The van der Waals surface area contributed by atoms with Gasteiger partial charge in [-0.1, -0.05) is 23.4 Å². The summed E-state index contributed by atoms with van der Waals surface area (Å²) < 4.78 is 21.8. The van der Waals surface area contributed by atoms with E-state index in [9.17, 15) is 4.79 Å². The van der Waals surface area contributed by atoms with Crippen molar-refractivity contribution in [3.63, 3.8) is 0 Å². The minimum atomic E-state index is -0.435. The molecule has 2 amide bonds. The van der Waals surface area contributed by atoms with Crippen molar-refractivity contribution in [3.8, 4) is 22.9 Å². The number of benzene rings is 2. The Morgan fingerprint density at radius 1 is 1.09 bits per heavy atom. The average Bonchev–Trinajstić information content (AvgIpc) is 3.49. The summed E-state index contributed by atoms with van der Waals surface area (Å²) in [6, 6.07) is 11.0. The molecule has 2 aliphatic rings. The van der Waals surface area contributed by atoms with Crippen LogP contribution < -0.4 is 14.8 Å². The maximum Gasteiger partial charge on any atom is 0.322 e. The number of methoxy groups -OCH3 is 1. The lowest BCUT2D eigenvalue weighted by molar-refractivity contribution is 0.158. The standard InChI is InChI=1S/C25H26N4O5/c1-14-5-6-17(11-15(14)2)22-21(16(3)29(9-10-31-4)25(30)26-22)24-27-23(28-34-24)18-7-8-19-20(12-18)33-13-32-19/h5-8,11-12,22H,9-10,13H2,1-4H3,(H,26,30). The minimum absolute atomic E-state index is 0.191. The second kappa shape index (κ2) is 8.83. The average molecular weight is 463 g/mol. The van der Waals surface area contributed by atoms with Crippen molar-refractivity contribution in [2.75, 3.05) is 27.1 Å². The highest BCUT2D eigenvalue weighted by Gasteiger charge is 2.35. The molecule has 0 radical (unpaired) electrons. The first-order valence-electron chi connectivity index (χ1n) is 11.0. The van der Waals surface area contributed by atoms with Crippen molar-refractivity contribution in [2.24, 2.45) is 0 Å². The zero-order chi connectivity index (χ0) is 23.8. The molecule has 0 saturated heterocycles. The Hall–Kier alpha value is -3.85. The first-order valence-corrected chi connectivity index (χ1v) is 11.0. The molecule has 34 heavy (non-hydrogen) atoms. The Labute approximate surface area is 197 Å². The Kier molecular flexibility index (Phi) is 5.70. The van der Waals surface area contributed by atoms with Crippen molar-refractivity contribution in [1.29, 1.82) is 0 Å². The monoisotopic (exact) mass is 462 g/mol.